The van der Waals surface area contributed by atoms with Gasteiger partial charge < -0.3 is 52.9 Å². The van der Waals surface area contributed by atoms with E-state index in [2.05, 4.69) is 87.1 Å². The van der Waals surface area contributed by atoms with Crippen LogP contribution in [0.1, 0.15) is 422 Å². The molecule has 24 nitrogen and oxygen atoms in total. The van der Waals surface area contributed by atoms with Crippen molar-refractivity contribution in [3.63, 3.8) is 0 Å². The first kappa shape index (κ1) is 131. The molecule has 4 amide bonds. The Labute approximate surface area is 768 Å². The number of rotatable bonds is 84. The fourth-order valence-electron chi connectivity index (χ4n) is 12.5. The normalized spacial score (nSPS) is 13.0. The molecule has 4 unspecified atom stereocenters. The SMILES string of the molecule is C.C.C.C.C.CCCCCC/C=C\CCCC(=O)O[C@H](CCCCCCC)CCOCC(COP(=O)(O)OCCNC(=O)CC(=O)NCCOP(=O)(O)OCC(COCC[C@@H](CCCCCCC)OC(=O)CCC/C=C\CCCCCC)NC(=O)CC(=O)CCCCCCCCCCC)NC(=O)CC(=O)CCCCCCCCCCC.[H-].[H-].[Na+].[Na+]. The maximum atomic E-state index is 13.3. The maximum Gasteiger partial charge on any atom is 1.00 e. The van der Waals surface area contributed by atoms with E-state index in [1.165, 1.54) is 89.9 Å². The van der Waals surface area contributed by atoms with Crippen molar-refractivity contribution in [2.45, 2.75) is 443 Å². The molecule has 0 saturated heterocycles. The third kappa shape index (κ3) is 91.5. The van der Waals surface area contributed by atoms with Crippen LogP contribution in [0.25, 0.3) is 0 Å². The van der Waals surface area contributed by atoms with Crippen molar-refractivity contribution in [1.82, 2.24) is 21.3 Å². The van der Waals surface area contributed by atoms with Crippen LogP contribution < -0.4 is 80.4 Å². The fourth-order valence-corrected chi connectivity index (χ4v) is 14.0. The predicted molar refractivity (Wildman–Crippen MR) is 478 cm³/mol. The van der Waals surface area contributed by atoms with Gasteiger partial charge in [0.2, 0.25) is 23.6 Å². The van der Waals surface area contributed by atoms with Crippen molar-refractivity contribution >= 4 is 62.8 Å². The summed E-state index contributed by atoms with van der Waals surface area (Å²) in [6, 6.07) is -2.00. The number of phosphoric ester groups is 2. The zero-order valence-corrected chi connectivity index (χ0v) is 78.1. The van der Waals surface area contributed by atoms with Crippen molar-refractivity contribution in [1.29, 1.82) is 0 Å². The maximum absolute atomic E-state index is 13.3. The van der Waals surface area contributed by atoms with Crippen molar-refractivity contribution in [2.24, 2.45) is 0 Å². The summed E-state index contributed by atoms with van der Waals surface area (Å²) in [5, 5.41) is 10.2. The molecule has 0 fully saturated rings. The topological polar surface area (TPSA) is 333 Å². The Balaban J connectivity index is -0.00000168. The molecular weight excluding hydrogens is 1560 g/mol. The molecule has 6 N–H and O–H groups in total. The zero-order valence-electron chi connectivity index (χ0n) is 74.3. The minimum Gasteiger partial charge on any atom is -1.00 e. The third-order valence-corrected chi connectivity index (χ3v) is 21.0. The van der Waals surface area contributed by atoms with Gasteiger partial charge in [-0.1, -0.05) is 296 Å². The molecule has 0 rings (SSSR count). The first-order chi connectivity index (χ1) is 53.7. The van der Waals surface area contributed by atoms with Crippen molar-refractivity contribution in [2.75, 3.05) is 65.9 Å². The van der Waals surface area contributed by atoms with E-state index in [1.807, 2.05) is 0 Å². The summed E-state index contributed by atoms with van der Waals surface area (Å²) >= 11 is 0. The summed E-state index contributed by atoms with van der Waals surface area (Å²) in [7, 11) is -9.66. The van der Waals surface area contributed by atoms with E-state index in [0.717, 1.165) is 154 Å². The number of hydrogen-bond donors (Lipinski definition) is 6. The van der Waals surface area contributed by atoms with Crippen LogP contribution in [0.3, 0.4) is 0 Å². The van der Waals surface area contributed by atoms with Crippen LogP contribution in [0.4, 0.5) is 0 Å². The first-order valence-corrected chi connectivity index (χ1v) is 46.9. The molecule has 0 aromatic rings. The van der Waals surface area contributed by atoms with Gasteiger partial charge in [0.05, 0.1) is 77.8 Å². The second-order valence-electron chi connectivity index (χ2n) is 30.0. The smallest absolute Gasteiger partial charge is 1.00 e. The van der Waals surface area contributed by atoms with Crippen LogP contribution >= 0.6 is 15.6 Å². The van der Waals surface area contributed by atoms with Crippen molar-refractivity contribution in [3.05, 3.63) is 24.3 Å². The minimum absolute atomic E-state index is 0. The molecule has 0 heterocycles. The standard InChI is InChI=1S/C85H158N4O20P2.5CH4.2Na.2H/c1-7-13-19-25-29-33-37-43-47-53-76(90)67-82(94)88-74(70-102-63-59-78(55-49-41-23-17-11-5)108-84(96)57-51-45-39-35-31-27-21-15-9-3)72-106-110(98,99)104-65-61-86-80(92)69-81(93)87-62-66-105-111(100,101)107-73-75(89-83(95)68-77(91)54-48-44-38-34-30-26-20-14-8-2)71-103-64-60-79(56-50-42-24-18-12-6)109-85(97)58-52-46-40-36-32-28-22-16-10-4;;;;;;;;;/h35-36,39-40,74-75,78-79H,7-34,37-38,41-73H2,1-6H3,(H,86,92)(H,87,93)(H,88,94)(H,89,95)(H,98,99)(H,100,101);5*1H4;;;;/q;;;;;;2*+1;2*-1/b39-35-,40-36-;;;;;;;;;/t74?,75?,78-,79-;;;;;;;;;/m1........./s1. The van der Waals surface area contributed by atoms with E-state index in [4.69, 9.17) is 37.0 Å². The second kappa shape index (κ2) is 95.4. The monoisotopic (exact) mass is 1750 g/mol. The number of phosphoric acid groups is 2. The van der Waals surface area contributed by atoms with E-state index in [1.54, 1.807) is 0 Å². The number of carbonyl (C=O) groups excluding carboxylic acids is 8. The van der Waals surface area contributed by atoms with E-state index in [0.29, 0.717) is 64.2 Å². The number of amides is 4. The molecule has 0 aliphatic carbocycles. The van der Waals surface area contributed by atoms with Crippen LogP contribution in [-0.4, -0.2) is 147 Å². The van der Waals surface area contributed by atoms with Crippen LogP contribution in [0.5, 0.6) is 0 Å². The number of allylic oxidation sites excluding steroid dienone is 4. The van der Waals surface area contributed by atoms with Crippen LogP contribution in [0, 0.1) is 0 Å². The Morgan fingerprint density at radius 3 is 0.915 bits per heavy atom. The van der Waals surface area contributed by atoms with E-state index < -0.39 is 109 Å². The molecule has 0 aliphatic heterocycles. The quantitative estimate of drug-likeness (QED) is 0.00823. The average molecular weight is 1750 g/mol. The number of carbonyl (C=O) groups is 8. The Hall–Kier alpha value is -2.22. The van der Waals surface area contributed by atoms with E-state index in [-0.39, 0.29) is 175 Å². The van der Waals surface area contributed by atoms with Gasteiger partial charge in [0.1, 0.15) is 30.2 Å². The number of Topliss-reactive ketones (excluding diaryl/α,β-unsaturated/α-hetero) is 2. The summed E-state index contributed by atoms with van der Waals surface area (Å²) in [6.07, 6.45) is 53.7. The van der Waals surface area contributed by atoms with Gasteiger partial charge in [-0.25, -0.2) is 9.13 Å². The number of esters is 2. The molecule has 0 radical (unpaired) electrons. The number of hydrogen-bond acceptors (Lipinski definition) is 18. The van der Waals surface area contributed by atoms with Crippen molar-refractivity contribution < 1.29 is 156 Å². The Morgan fingerprint density at radius 1 is 0.322 bits per heavy atom. The van der Waals surface area contributed by atoms with Crippen LogP contribution in [-0.2, 0) is 84.5 Å². The molecule has 6 atom stereocenters. The number of nitrogens with one attached hydrogen (secondary N) is 4. The summed E-state index contributed by atoms with van der Waals surface area (Å²) in [5.74, 6) is -3.82. The van der Waals surface area contributed by atoms with Gasteiger partial charge in [-0.05, 0) is 89.9 Å². The molecule has 0 saturated carbocycles. The molecule has 0 aliphatic rings. The molecule has 28 heteroatoms. The number of unbranched alkanes of at least 4 members (excludes halogenated alkanes) is 34. The van der Waals surface area contributed by atoms with Gasteiger partial charge in [-0.3, -0.25) is 56.5 Å². The molecule has 692 valence electrons. The molecule has 0 spiro atoms. The summed E-state index contributed by atoms with van der Waals surface area (Å²) in [6.45, 7) is 10.1. The van der Waals surface area contributed by atoms with Crippen molar-refractivity contribution in [3.8, 4) is 0 Å². The second-order valence-corrected chi connectivity index (χ2v) is 32.9. The molecule has 0 bridgehead atoms. The van der Waals surface area contributed by atoms with Gasteiger partial charge in [0.25, 0.3) is 0 Å². The zero-order chi connectivity index (χ0) is 81.8. The van der Waals surface area contributed by atoms with Crippen LogP contribution in [0.2, 0.25) is 0 Å². The molecule has 118 heavy (non-hydrogen) atoms. The number of ketones is 2. The first-order valence-electron chi connectivity index (χ1n) is 43.9. The average Bonchev–Trinajstić information content (AvgIpc) is 0.908. The summed E-state index contributed by atoms with van der Waals surface area (Å²) in [4.78, 5) is 125. The number of ether oxygens (including phenoxy) is 4. The Morgan fingerprint density at radius 2 is 0.602 bits per heavy atom. The largest absolute Gasteiger partial charge is 1.00 e. The van der Waals surface area contributed by atoms with E-state index >= 15 is 0 Å². The Bertz CT molecular complexity index is 2360. The van der Waals surface area contributed by atoms with Crippen LogP contribution in [0.15, 0.2) is 24.3 Å². The van der Waals surface area contributed by atoms with Gasteiger partial charge in [0, 0.05) is 51.6 Å². The predicted octanol–water partition coefficient (Wildman–Crippen LogP) is 16.8. The third-order valence-electron chi connectivity index (χ3n) is 19.1. The van der Waals surface area contributed by atoms with Gasteiger partial charge in [-0.2, -0.15) is 0 Å². The molecule has 0 aromatic heterocycles. The summed E-state index contributed by atoms with van der Waals surface area (Å²) < 4.78 is 71.0. The van der Waals surface area contributed by atoms with Gasteiger partial charge in [-0.15, -0.1) is 0 Å². The fraction of sp³-hybridized carbons (Fsp3) is 0.867. The molecule has 0 aromatic carbocycles. The van der Waals surface area contributed by atoms with Gasteiger partial charge in [0.15, 0.2) is 0 Å². The van der Waals surface area contributed by atoms with Gasteiger partial charge >= 0.3 is 86.7 Å². The minimum atomic E-state index is -4.83. The molecular formula is C90H180N4Na2O20P2. The summed E-state index contributed by atoms with van der Waals surface area (Å²) in [5.41, 5.74) is 0. The Kier molecular flexibility index (Phi) is 106. The van der Waals surface area contributed by atoms with E-state index in [9.17, 15) is 57.3 Å².